The van der Waals surface area contributed by atoms with Gasteiger partial charge in [-0.2, -0.15) is 0 Å². The number of aryl methyl sites for hydroxylation is 3. The van der Waals surface area contributed by atoms with Crippen LogP contribution in [0, 0.1) is 12.7 Å². The van der Waals surface area contributed by atoms with Gasteiger partial charge in [0.1, 0.15) is 11.5 Å². The highest BCUT2D eigenvalue weighted by Gasteiger charge is 2.20. The molecule has 3 heterocycles. The van der Waals surface area contributed by atoms with Gasteiger partial charge in [0.25, 0.3) is 0 Å². The fraction of sp³-hybridized carbons (Fsp3) is 0.300. The van der Waals surface area contributed by atoms with E-state index in [4.69, 9.17) is 4.98 Å². The van der Waals surface area contributed by atoms with Gasteiger partial charge < -0.3 is 9.67 Å². The maximum Gasteiger partial charge on any atom is 0.335 e. The van der Waals surface area contributed by atoms with Crippen molar-refractivity contribution in [1.29, 1.82) is 0 Å². The smallest absolute Gasteiger partial charge is 0.335 e. The molecule has 0 bridgehead atoms. The average Bonchev–Trinajstić information content (AvgIpc) is 3.33. The Morgan fingerprint density at radius 3 is 2.26 bits per heavy atom. The van der Waals surface area contributed by atoms with E-state index in [1.165, 1.54) is 35.5 Å². The number of benzene rings is 2. The third-order valence-electron chi connectivity index (χ3n) is 6.99. The maximum absolute atomic E-state index is 13.3. The molecule has 1 aliphatic heterocycles. The highest BCUT2D eigenvalue weighted by molar-refractivity contribution is 5.88. The Balaban J connectivity index is 1.28. The van der Waals surface area contributed by atoms with Crippen LogP contribution in [0.1, 0.15) is 32.7 Å². The minimum atomic E-state index is -0.998. The zero-order valence-corrected chi connectivity index (χ0v) is 21.6. The van der Waals surface area contributed by atoms with Crippen molar-refractivity contribution >= 4 is 5.97 Å². The number of carbonyl (C=O) groups is 1. The second kappa shape index (κ2) is 11.7. The minimum absolute atomic E-state index is 0.175. The summed E-state index contributed by atoms with van der Waals surface area (Å²) in [6.45, 7) is 8.30. The first kappa shape index (κ1) is 25.8. The Kier molecular flexibility index (Phi) is 7.91. The molecule has 0 aliphatic carbocycles. The lowest BCUT2D eigenvalue weighted by Crippen LogP contribution is -2.45. The van der Waals surface area contributed by atoms with Crippen LogP contribution in [-0.4, -0.2) is 61.6 Å². The van der Waals surface area contributed by atoms with Crippen molar-refractivity contribution in [1.82, 2.24) is 24.3 Å². The molecule has 8 heteroatoms. The lowest BCUT2D eigenvalue weighted by atomic mass is 10.1. The van der Waals surface area contributed by atoms with E-state index in [1.807, 2.05) is 10.8 Å². The summed E-state index contributed by atoms with van der Waals surface area (Å²) in [5.41, 5.74) is 5.26. The molecule has 1 saturated heterocycles. The molecule has 1 N–H and O–H groups in total. The molecule has 2 aromatic carbocycles. The largest absolute Gasteiger partial charge is 0.478 e. The molecular weight excluding hydrogens is 481 g/mol. The third kappa shape index (κ3) is 6.51. The molecule has 0 atom stereocenters. The van der Waals surface area contributed by atoms with Crippen LogP contribution in [0.25, 0.3) is 11.5 Å². The zero-order chi connectivity index (χ0) is 26.5. The van der Waals surface area contributed by atoms with Crippen LogP contribution < -0.4 is 0 Å². The van der Waals surface area contributed by atoms with E-state index in [0.717, 1.165) is 44.0 Å². The highest BCUT2D eigenvalue weighted by Crippen LogP contribution is 2.21. The molecule has 1 fully saturated rings. The van der Waals surface area contributed by atoms with Crippen molar-refractivity contribution in [3.63, 3.8) is 0 Å². The van der Waals surface area contributed by atoms with E-state index in [-0.39, 0.29) is 11.4 Å². The zero-order valence-electron chi connectivity index (χ0n) is 21.6. The summed E-state index contributed by atoms with van der Waals surface area (Å²) < 4.78 is 15.4. The van der Waals surface area contributed by atoms with Crippen LogP contribution in [0.2, 0.25) is 0 Å². The molecule has 0 spiro atoms. The Morgan fingerprint density at radius 2 is 1.58 bits per heavy atom. The number of hydrogen-bond donors (Lipinski definition) is 1. The molecule has 5 rings (SSSR count). The normalized spacial score (nSPS) is 14.6. The topological polar surface area (TPSA) is 74.5 Å². The number of piperazine rings is 1. The van der Waals surface area contributed by atoms with E-state index in [1.54, 1.807) is 18.2 Å². The predicted molar refractivity (Wildman–Crippen MR) is 144 cm³/mol. The predicted octanol–water partition coefficient (Wildman–Crippen LogP) is 4.65. The average molecular weight is 514 g/mol. The van der Waals surface area contributed by atoms with Crippen molar-refractivity contribution in [2.75, 3.05) is 26.2 Å². The monoisotopic (exact) mass is 513 g/mol. The minimum Gasteiger partial charge on any atom is -0.478 e. The number of halogens is 1. The molecule has 4 aromatic rings. The van der Waals surface area contributed by atoms with Gasteiger partial charge in [-0.1, -0.05) is 42.0 Å². The van der Waals surface area contributed by atoms with Crippen molar-refractivity contribution in [2.24, 2.45) is 0 Å². The van der Waals surface area contributed by atoms with Gasteiger partial charge in [0.15, 0.2) is 5.82 Å². The van der Waals surface area contributed by atoms with Gasteiger partial charge >= 0.3 is 5.97 Å². The van der Waals surface area contributed by atoms with Crippen molar-refractivity contribution in [3.8, 4) is 11.5 Å². The Bertz CT molecular complexity index is 1380. The van der Waals surface area contributed by atoms with Crippen LogP contribution >= 0.6 is 0 Å². The van der Waals surface area contributed by atoms with E-state index >= 15 is 0 Å². The van der Waals surface area contributed by atoms with Crippen LogP contribution in [-0.2, 0) is 26.1 Å². The summed E-state index contributed by atoms with van der Waals surface area (Å²) in [5.74, 6) is -0.613. The SMILES string of the molecule is Cc1ccc(CN2CCN(Cc3cn(CCc4ccc(F)cc4)c(-c4cc(C(=O)O)ccn4)n3)CC2)cc1. The number of nitrogens with zero attached hydrogens (tertiary/aromatic N) is 5. The number of aromatic nitrogens is 3. The second-order valence-corrected chi connectivity index (χ2v) is 9.90. The van der Waals surface area contributed by atoms with Gasteiger partial charge in [0, 0.05) is 58.2 Å². The van der Waals surface area contributed by atoms with Crippen LogP contribution in [0.3, 0.4) is 0 Å². The Labute approximate surface area is 222 Å². The molecule has 1 aliphatic rings. The number of pyridine rings is 1. The summed E-state index contributed by atoms with van der Waals surface area (Å²) in [4.78, 5) is 25.7. The van der Waals surface area contributed by atoms with E-state index in [9.17, 15) is 14.3 Å². The van der Waals surface area contributed by atoms with E-state index < -0.39 is 5.97 Å². The molecule has 0 amide bonds. The van der Waals surface area contributed by atoms with E-state index in [2.05, 4.69) is 46.0 Å². The summed E-state index contributed by atoms with van der Waals surface area (Å²) >= 11 is 0. The second-order valence-electron chi connectivity index (χ2n) is 9.90. The molecule has 38 heavy (non-hydrogen) atoms. The van der Waals surface area contributed by atoms with Gasteiger partial charge in [-0.25, -0.2) is 14.2 Å². The fourth-order valence-electron chi connectivity index (χ4n) is 4.79. The third-order valence-corrected chi connectivity index (χ3v) is 6.99. The standard InChI is InChI=1S/C30H32FN5O2/c1-22-2-4-24(5-3-22)19-34-14-16-35(17-15-34)20-27-21-36(13-11-23-6-8-26(31)9-7-23)29(33-27)28-18-25(30(37)38)10-12-32-28/h2-10,12,18,21H,11,13-17,19-20H2,1H3,(H,37,38). The Morgan fingerprint density at radius 1 is 0.921 bits per heavy atom. The summed E-state index contributed by atoms with van der Waals surface area (Å²) in [5, 5.41) is 9.45. The molecule has 7 nitrogen and oxygen atoms in total. The summed E-state index contributed by atoms with van der Waals surface area (Å²) in [6.07, 6.45) is 4.23. The van der Waals surface area contributed by atoms with Crippen molar-refractivity contribution < 1.29 is 14.3 Å². The molecular formula is C30H32FN5O2. The lowest BCUT2D eigenvalue weighted by Gasteiger charge is -2.34. The lowest BCUT2D eigenvalue weighted by molar-refractivity contribution is 0.0696. The molecule has 0 saturated carbocycles. The van der Waals surface area contributed by atoms with Gasteiger partial charge in [0.05, 0.1) is 11.3 Å². The first-order valence-electron chi connectivity index (χ1n) is 12.9. The van der Waals surface area contributed by atoms with Crippen LogP contribution in [0.5, 0.6) is 0 Å². The molecule has 2 aromatic heterocycles. The highest BCUT2D eigenvalue weighted by atomic mass is 19.1. The number of hydrogen-bond acceptors (Lipinski definition) is 5. The number of aromatic carboxylic acids is 1. The number of imidazole rings is 1. The maximum atomic E-state index is 13.3. The molecule has 0 radical (unpaired) electrons. The van der Waals surface area contributed by atoms with Gasteiger partial charge in [-0.05, 0) is 48.7 Å². The molecule has 196 valence electrons. The van der Waals surface area contributed by atoms with Crippen LogP contribution in [0.4, 0.5) is 4.39 Å². The number of carboxylic acid groups (broad SMARTS) is 1. The van der Waals surface area contributed by atoms with Gasteiger partial charge in [-0.3, -0.25) is 14.8 Å². The van der Waals surface area contributed by atoms with Crippen molar-refractivity contribution in [2.45, 2.75) is 33.0 Å². The molecule has 0 unspecified atom stereocenters. The van der Waals surface area contributed by atoms with E-state index in [0.29, 0.717) is 31.0 Å². The first-order valence-corrected chi connectivity index (χ1v) is 12.9. The summed E-state index contributed by atoms with van der Waals surface area (Å²) in [7, 11) is 0. The summed E-state index contributed by atoms with van der Waals surface area (Å²) in [6, 6.07) is 18.3. The number of rotatable bonds is 9. The van der Waals surface area contributed by atoms with Gasteiger partial charge in [-0.15, -0.1) is 0 Å². The fourth-order valence-corrected chi connectivity index (χ4v) is 4.79. The quantitative estimate of drug-likeness (QED) is 0.351. The Hall–Kier alpha value is -3.88. The van der Waals surface area contributed by atoms with Crippen molar-refractivity contribution in [3.05, 3.63) is 107 Å². The van der Waals surface area contributed by atoms with Gasteiger partial charge in [0.2, 0.25) is 0 Å². The number of carboxylic acids is 1. The van der Waals surface area contributed by atoms with Crippen LogP contribution in [0.15, 0.2) is 73.1 Å². The first-order chi connectivity index (χ1) is 18.4.